The van der Waals surface area contributed by atoms with Gasteiger partial charge in [-0.05, 0) is 43.7 Å². The highest BCUT2D eigenvalue weighted by molar-refractivity contribution is 6.01. The highest BCUT2D eigenvalue weighted by Gasteiger charge is 2.35. The lowest BCUT2D eigenvalue weighted by molar-refractivity contribution is -0.119. The SMILES string of the molecule is CCOc1ccc(NC(=O)[C@@](C)(C#N)c2ccccc2)cc1. The first-order valence-electron chi connectivity index (χ1n) is 7.11. The molecule has 0 bridgehead atoms. The molecule has 0 aliphatic rings. The molecule has 22 heavy (non-hydrogen) atoms. The fourth-order valence-electron chi connectivity index (χ4n) is 2.08. The molecule has 1 amide bonds. The molecular weight excluding hydrogens is 276 g/mol. The second-order valence-electron chi connectivity index (χ2n) is 5.01. The van der Waals surface area contributed by atoms with Gasteiger partial charge in [0.1, 0.15) is 5.75 Å². The van der Waals surface area contributed by atoms with Crippen molar-refractivity contribution in [1.29, 1.82) is 5.26 Å². The van der Waals surface area contributed by atoms with E-state index in [1.165, 1.54) is 0 Å². The van der Waals surface area contributed by atoms with E-state index in [0.717, 1.165) is 5.75 Å². The lowest BCUT2D eigenvalue weighted by Crippen LogP contribution is -2.36. The van der Waals surface area contributed by atoms with E-state index in [-0.39, 0.29) is 5.91 Å². The van der Waals surface area contributed by atoms with Gasteiger partial charge in [0, 0.05) is 5.69 Å². The first kappa shape index (κ1) is 15.6. The molecule has 0 aromatic heterocycles. The summed E-state index contributed by atoms with van der Waals surface area (Å²) in [5, 5.41) is 12.3. The van der Waals surface area contributed by atoms with Crippen molar-refractivity contribution >= 4 is 11.6 Å². The Hall–Kier alpha value is -2.80. The van der Waals surface area contributed by atoms with Crippen LogP contribution in [0.5, 0.6) is 5.75 Å². The molecule has 1 N–H and O–H groups in total. The Kier molecular flexibility index (Phi) is 4.80. The first-order chi connectivity index (χ1) is 10.6. The van der Waals surface area contributed by atoms with Crippen molar-refractivity contribution in [3.8, 4) is 11.8 Å². The molecule has 0 saturated heterocycles. The maximum Gasteiger partial charge on any atom is 0.249 e. The monoisotopic (exact) mass is 294 g/mol. The summed E-state index contributed by atoms with van der Waals surface area (Å²) in [5.41, 5.74) is 0.0617. The molecule has 0 saturated carbocycles. The van der Waals surface area contributed by atoms with Gasteiger partial charge in [-0.1, -0.05) is 30.3 Å². The van der Waals surface area contributed by atoms with Gasteiger partial charge in [-0.15, -0.1) is 0 Å². The molecule has 1 atom stereocenters. The van der Waals surface area contributed by atoms with Crippen molar-refractivity contribution in [2.24, 2.45) is 0 Å². The summed E-state index contributed by atoms with van der Waals surface area (Å²) in [6.07, 6.45) is 0. The summed E-state index contributed by atoms with van der Waals surface area (Å²) in [7, 11) is 0. The van der Waals surface area contributed by atoms with Gasteiger partial charge in [-0.2, -0.15) is 5.26 Å². The summed E-state index contributed by atoms with van der Waals surface area (Å²) >= 11 is 0. The standard InChI is InChI=1S/C18H18N2O2/c1-3-22-16-11-9-15(10-12-16)20-17(21)18(2,13-19)14-7-5-4-6-8-14/h4-12H,3H2,1-2H3,(H,20,21)/t18-/m0/s1. The zero-order valence-electron chi connectivity index (χ0n) is 12.7. The molecule has 0 radical (unpaired) electrons. The van der Waals surface area contributed by atoms with Crippen molar-refractivity contribution < 1.29 is 9.53 Å². The van der Waals surface area contributed by atoms with E-state index >= 15 is 0 Å². The fourth-order valence-corrected chi connectivity index (χ4v) is 2.08. The van der Waals surface area contributed by atoms with Crippen molar-refractivity contribution in [2.75, 3.05) is 11.9 Å². The van der Waals surface area contributed by atoms with Crippen molar-refractivity contribution in [3.05, 3.63) is 60.2 Å². The number of nitrogens with zero attached hydrogens (tertiary/aromatic N) is 1. The number of rotatable bonds is 5. The number of anilines is 1. The van der Waals surface area contributed by atoms with Gasteiger partial charge in [-0.25, -0.2) is 0 Å². The second-order valence-corrected chi connectivity index (χ2v) is 5.01. The van der Waals surface area contributed by atoms with Crippen molar-refractivity contribution in [1.82, 2.24) is 0 Å². The van der Waals surface area contributed by atoms with E-state index in [1.807, 2.05) is 25.1 Å². The van der Waals surface area contributed by atoms with Gasteiger partial charge in [0.25, 0.3) is 0 Å². The predicted octanol–water partition coefficient (Wildman–Crippen LogP) is 3.51. The van der Waals surface area contributed by atoms with Crippen molar-refractivity contribution in [2.45, 2.75) is 19.3 Å². The van der Waals surface area contributed by atoms with E-state index < -0.39 is 5.41 Å². The smallest absolute Gasteiger partial charge is 0.249 e. The Bertz CT molecular complexity index is 674. The quantitative estimate of drug-likeness (QED) is 0.918. The molecule has 0 fully saturated rings. The molecule has 4 heteroatoms. The van der Waals surface area contributed by atoms with Crippen molar-refractivity contribution in [3.63, 3.8) is 0 Å². The van der Waals surface area contributed by atoms with Crippen LogP contribution >= 0.6 is 0 Å². The second kappa shape index (κ2) is 6.77. The van der Waals surface area contributed by atoms with E-state index in [4.69, 9.17) is 4.74 Å². The third-order valence-corrected chi connectivity index (χ3v) is 3.45. The fraction of sp³-hybridized carbons (Fsp3) is 0.222. The van der Waals surface area contributed by atoms with E-state index in [0.29, 0.717) is 17.9 Å². The lowest BCUT2D eigenvalue weighted by atomic mass is 9.83. The molecular formula is C18H18N2O2. The third kappa shape index (κ3) is 3.26. The normalized spacial score (nSPS) is 12.8. The number of carbonyl (C=O) groups is 1. The molecule has 2 aromatic rings. The number of hydrogen-bond donors (Lipinski definition) is 1. The Balaban J connectivity index is 2.18. The van der Waals surface area contributed by atoms with Crippen LogP contribution in [-0.4, -0.2) is 12.5 Å². The number of hydrogen-bond acceptors (Lipinski definition) is 3. The summed E-state index contributed by atoms with van der Waals surface area (Å²) in [6, 6.07) is 18.2. The van der Waals surface area contributed by atoms with Gasteiger partial charge < -0.3 is 10.1 Å². The minimum absolute atomic E-state index is 0.356. The van der Waals surface area contributed by atoms with Crippen LogP contribution in [0, 0.1) is 11.3 Å². The number of nitrogens with one attached hydrogen (secondary N) is 1. The summed E-state index contributed by atoms with van der Waals surface area (Å²) < 4.78 is 5.36. The number of benzene rings is 2. The molecule has 0 aliphatic carbocycles. The molecule has 0 aliphatic heterocycles. The largest absolute Gasteiger partial charge is 0.494 e. The number of nitriles is 1. The average Bonchev–Trinajstić information content (AvgIpc) is 2.57. The lowest BCUT2D eigenvalue weighted by Gasteiger charge is -2.21. The zero-order valence-corrected chi connectivity index (χ0v) is 12.7. The maximum absolute atomic E-state index is 12.5. The molecule has 4 nitrogen and oxygen atoms in total. The van der Waals surface area contributed by atoms with E-state index in [2.05, 4.69) is 11.4 Å². The Morgan fingerprint density at radius 2 is 1.82 bits per heavy atom. The molecule has 0 spiro atoms. The Morgan fingerprint density at radius 1 is 1.18 bits per heavy atom. The number of carbonyl (C=O) groups excluding carboxylic acids is 1. The Morgan fingerprint density at radius 3 is 2.36 bits per heavy atom. The molecule has 0 heterocycles. The van der Waals surface area contributed by atoms with Crippen LogP contribution in [0.3, 0.4) is 0 Å². The minimum Gasteiger partial charge on any atom is -0.494 e. The summed E-state index contributed by atoms with van der Waals surface area (Å²) in [6.45, 7) is 4.12. The zero-order chi connectivity index (χ0) is 16.0. The predicted molar refractivity (Wildman–Crippen MR) is 85.6 cm³/mol. The van der Waals surface area contributed by atoms with Crippen LogP contribution in [0.4, 0.5) is 5.69 Å². The van der Waals surface area contributed by atoms with E-state index in [9.17, 15) is 10.1 Å². The molecule has 112 valence electrons. The number of amides is 1. The highest BCUT2D eigenvalue weighted by Crippen LogP contribution is 2.25. The van der Waals surface area contributed by atoms with Gasteiger partial charge in [0.15, 0.2) is 5.41 Å². The molecule has 0 unspecified atom stereocenters. The van der Waals surface area contributed by atoms with Gasteiger partial charge in [0.05, 0.1) is 12.7 Å². The van der Waals surface area contributed by atoms with Gasteiger partial charge >= 0.3 is 0 Å². The topological polar surface area (TPSA) is 62.1 Å². The highest BCUT2D eigenvalue weighted by atomic mass is 16.5. The van der Waals surface area contributed by atoms with Crippen LogP contribution in [0.25, 0.3) is 0 Å². The van der Waals surface area contributed by atoms with Crippen LogP contribution in [-0.2, 0) is 10.2 Å². The number of ether oxygens (including phenoxy) is 1. The molecule has 2 rings (SSSR count). The first-order valence-corrected chi connectivity index (χ1v) is 7.11. The third-order valence-electron chi connectivity index (χ3n) is 3.45. The van der Waals surface area contributed by atoms with Crippen LogP contribution in [0.2, 0.25) is 0 Å². The van der Waals surface area contributed by atoms with Gasteiger partial charge in [0.2, 0.25) is 5.91 Å². The van der Waals surface area contributed by atoms with E-state index in [1.54, 1.807) is 43.3 Å². The van der Waals surface area contributed by atoms with Crippen LogP contribution < -0.4 is 10.1 Å². The summed E-state index contributed by atoms with van der Waals surface area (Å²) in [4.78, 5) is 12.5. The van der Waals surface area contributed by atoms with Crippen LogP contribution in [0.1, 0.15) is 19.4 Å². The van der Waals surface area contributed by atoms with Gasteiger partial charge in [-0.3, -0.25) is 4.79 Å². The molecule has 2 aromatic carbocycles. The maximum atomic E-state index is 12.5. The Labute approximate surface area is 130 Å². The van der Waals surface area contributed by atoms with Crippen LogP contribution in [0.15, 0.2) is 54.6 Å². The average molecular weight is 294 g/mol. The minimum atomic E-state index is -1.24. The summed E-state index contributed by atoms with van der Waals surface area (Å²) in [5.74, 6) is 0.386.